The molecule has 2 aliphatic rings. The maximum atomic E-state index is 11.9. The number of para-hydroxylation sites is 1. The van der Waals surface area contributed by atoms with Gasteiger partial charge in [0.25, 0.3) is 0 Å². The molecule has 3 rings (SSSR count). The van der Waals surface area contributed by atoms with Crippen LogP contribution in [0.15, 0.2) is 35.3 Å². The summed E-state index contributed by atoms with van der Waals surface area (Å²) in [5.41, 5.74) is 0.777. The van der Waals surface area contributed by atoms with E-state index in [1.807, 2.05) is 30.3 Å². The Morgan fingerprint density at radius 3 is 2.58 bits per heavy atom. The zero-order chi connectivity index (χ0) is 17.3. The van der Waals surface area contributed by atoms with Gasteiger partial charge in [0.05, 0.1) is 24.0 Å². The molecular formula is C15H16N2O5S2. The topological polar surface area (TPSA) is 104 Å². The Balaban J connectivity index is 1.89. The normalized spacial score (nSPS) is 26.5. The summed E-state index contributed by atoms with van der Waals surface area (Å²) < 4.78 is 23.8. The van der Waals surface area contributed by atoms with Gasteiger partial charge in [0, 0.05) is 17.4 Å². The highest BCUT2D eigenvalue weighted by atomic mass is 32.2. The van der Waals surface area contributed by atoms with Crippen LogP contribution in [0.25, 0.3) is 0 Å². The van der Waals surface area contributed by atoms with Gasteiger partial charge >= 0.3 is 5.97 Å². The highest BCUT2D eigenvalue weighted by Gasteiger charge is 2.49. The number of fused-ring (bicyclic) bond motifs is 1. The third-order valence-corrected chi connectivity index (χ3v) is 7.08. The van der Waals surface area contributed by atoms with Gasteiger partial charge in [0.15, 0.2) is 15.0 Å². The van der Waals surface area contributed by atoms with Crippen molar-refractivity contribution in [3.63, 3.8) is 0 Å². The van der Waals surface area contributed by atoms with E-state index in [0.717, 1.165) is 5.69 Å². The second-order valence-electron chi connectivity index (χ2n) is 5.69. The van der Waals surface area contributed by atoms with Crippen LogP contribution < -0.4 is 4.90 Å². The fourth-order valence-corrected chi connectivity index (χ4v) is 6.76. The van der Waals surface area contributed by atoms with Crippen LogP contribution in [0.3, 0.4) is 0 Å². The highest BCUT2D eigenvalue weighted by molar-refractivity contribution is 8.16. The van der Waals surface area contributed by atoms with E-state index < -0.39 is 21.7 Å². The maximum Gasteiger partial charge on any atom is 0.303 e. The van der Waals surface area contributed by atoms with Crippen molar-refractivity contribution in [3.8, 4) is 0 Å². The lowest BCUT2D eigenvalue weighted by Gasteiger charge is -2.24. The molecule has 1 aromatic rings. The zero-order valence-electron chi connectivity index (χ0n) is 12.7. The van der Waals surface area contributed by atoms with Crippen LogP contribution in [-0.4, -0.2) is 53.4 Å². The number of carboxylic acids is 1. The number of amides is 1. The van der Waals surface area contributed by atoms with Gasteiger partial charge in [-0.25, -0.2) is 8.42 Å². The monoisotopic (exact) mass is 368 g/mol. The smallest absolute Gasteiger partial charge is 0.303 e. The molecule has 2 heterocycles. The van der Waals surface area contributed by atoms with Crippen molar-refractivity contribution in [3.05, 3.63) is 30.3 Å². The number of rotatable bonds is 4. The number of carbonyl (C=O) groups excluding carboxylic acids is 1. The number of amidine groups is 1. The van der Waals surface area contributed by atoms with Gasteiger partial charge in [0.2, 0.25) is 5.91 Å². The molecule has 2 aliphatic heterocycles. The van der Waals surface area contributed by atoms with E-state index in [2.05, 4.69) is 4.99 Å². The first-order valence-corrected chi connectivity index (χ1v) is 10.1. The van der Waals surface area contributed by atoms with E-state index in [4.69, 9.17) is 5.11 Å². The van der Waals surface area contributed by atoms with Crippen molar-refractivity contribution >= 4 is 44.3 Å². The quantitative estimate of drug-likeness (QED) is 0.850. The molecule has 0 aromatic heterocycles. The summed E-state index contributed by atoms with van der Waals surface area (Å²) in [5, 5.41) is 8.94. The number of nitrogens with zero attached hydrogens (tertiary/aromatic N) is 2. The summed E-state index contributed by atoms with van der Waals surface area (Å²) in [5.74, 6) is -1.47. The highest BCUT2D eigenvalue weighted by Crippen LogP contribution is 2.40. The third kappa shape index (κ3) is 3.62. The van der Waals surface area contributed by atoms with Crippen molar-refractivity contribution in [2.45, 2.75) is 24.1 Å². The van der Waals surface area contributed by atoms with E-state index >= 15 is 0 Å². The van der Waals surface area contributed by atoms with Crippen LogP contribution in [0.1, 0.15) is 12.8 Å². The lowest BCUT2D eigenvalue weighted by Crippen LogP contribution is -2.37. The summed E-state index contributed by atoms with van der Waals surface area (Å²) >= 11 is 1.28. The van der Waals surface area contributed by atoms with Gasteiger partial charge in [-0.1, -0.05) is 30.0 Å². The molecule has 0 bridgehead atoms. The van der Waals surface area contributed by atoms with Crippen molar-refractivity contribution in [2.24, 2.45) is 4.99 Å². The second-order valence-corrected chi connectivity index (χ2v) is 9.05. The molecule has 9 heteroatoms. The molecule has 0 saturated carbocycles. The van der Waals surface area contributed by atoms with Crippen LogP contribution in [0.4, 0.5) is 5.69 Å². The van der Waals surface area contributed by atoms with E-state index in [0.29, 0.717) is 5.17 Å². The number of hydrogen-bond acceptors (Lipinski definition) is 5. The molecule has 128 valence electrons. The lowest BCUT2D eigenvalue weighted by atomic mass is 10.2. The lowest BCUT2D eigenvalue weighted by molar-refractivity contribution is -0.138. The minimum atomic E-state index is -3.10. The number of sulfone groups is 1. The van der Waals surface area contributed by atoms with Crippen LogP contribution in [-0.2, 0) is 19.4 Å². The average molecular weight is 368 g/mol. The SMILES string of the molecule is O=C(O)CCC(=O)N=C1S[C@@H]2CS(=O)(=O)C[C@H]2N1c1ccccc1. The molecule has 7 nitrogen and oxygen atoms in total. The van der Waals surface area contributed by atoms with E-state index in [1.165, 1.54) is 11.8 Å². The molecule has 2 atom stereocenters. The van der Waals surface area contributed by atoms with Crippen molar-refractivity contribution < 1.29 is 23.1 Å². The van der Waals surface area contributed by atoms with Gasteiger partial charge < -0.3 is 10.0 Å². The largest absolute Gasteiger partial charge is 0.481 e. The van der Waals surface area contributed by atoms with E-state index in [-0.39, 0.29) is 35.6 Å². The van der Waals surface area contributed by atoms with Gasteiger partial charge in [0.1, 0.15) is 0 Å². The summed E-state index contributed by atoms with van der Waals surface area (Å²) in [7, 11) is -3.10. The van der Waals surface area contributed by atoms with Gasteiger partial charge in [-0.2, -0.15) is 4.99 Å². The Bertz CT molecular complexity index is 791. The first-order chi connectivity index (χ1) is 11.4. The Morgan fingerprint density at radius 1 is 1.21 bits per heavy atom. The van der Waals surface area contributed by atoms with Crippen LogP contribution in [0.2, 0.25) is 0 Å². The Kier molecular flexibility index (Phi) is 4.64. The predicted octanol–water partition coefficient (Wildman–Crippen LogP) is 1.15. The summed E-state index contributed by atoms with van der Waals surface area (Å²) in [6.07, 6.45) is -0.442. The summed E-state index contributed by atoms with van der Waals surface area (Å²) in [4.78, 5) is 28.3. The number of anilines is 1. The van der Waals surface area contributed by atoms with Gasteiger partial charge in [-0.15, -0.1) is 0 Å². The first-order valence-electron chi connectivity index (χ1n) is 7.40. The standard InChI is InChI=1S/C15H16N2O5S2/c18-13(6-7-14(19)20)16-15-17(10-4-2-1-3-5-10)11-8-24(21,22)9-12(11)23-15/h1-5,11-12H,6-9H2,(H,19,20)/t11-,12-/m1/s1. The van der Waals surface area contributed by atoms with Crippen molar-refractivity contribution in [2.75, 3.05) is 16.4 Å². The van der Waals surface area contributed by atoms with Crippen molar-refractivity contribution in [1.29, 1.82) is 0 Å². The van der Waals surface area contributed by atoms with Crippen LogP contribution in [0.5, 0.6) is 0 Å². The molecular weight excluding hydrogens is 352 g/mol. The molecule has 24 heavy (non-hydrogen) atoms. The fourth-order valence-electron chi connectivity index (χ4n) is 2.83. The van der Waals surface area contributed by atoms with Crippen LogP contribution >= 0.6 is 11.8 Å². The number of hydrogen-bond donors (Lipinski definition) is 1. The zero-order valence-corrected chi connectivity index (χ0v) is 14.3. The maximum absolute atomic E-state index is 11.9. The molecule has 1 amide bonds. The van der Waals surface area contributed by atoms with E-state index in [9.17, 15) is 18.0 Å². The van der Waals surface area contributed by atoms with E-state index in [1.54, 1.807) is 4.90 Å². The number of thioether (sulfide) groups is 1. The number of benzene rings is 1. The molecule has 1 aromatic carbocycles. The molecule has 1 N–H and O–H groups in total. The third-order valence-electron chi connectivity index (χ3n) is 3.87. The minimum Gasteiger partial charge on any atom is -0.481 e. The second kappa shape index (κ2) is 6.56. The molecule has 2 fully saturated rings. The van der Waals surface area contributed by atoms with Gasteiger partial charge in [-0.3, -0.25) is 9.59 Å². The average Bonchev–Trinajstić information content (AvgIpc) is 2.97. The predicted molar refractivity (Wildman–Crippen MR) is 92.1 cm³/mol. The Morgan fingerprint density at radius 2 is 1.92 bits per heavy atom. The summed E-state index contributed by atoms with van der Waals surface area (Å²) in [6, 6.07) is 8.94. The molecule has 0 radical (unpaired) electrons. The summed E-state index contributed by atoms with van der Waals surface area (Å²) in [6.45, 7) is 0. The molecule has 0 aliphatic carbocycles. The molecule has 0 unspecified atom stereocenters. The minimum absolute atomic E-state index is 0.0297. The number of carbonyl (C=O) groups is 2. The number of carboxylic acid groups (broad SMARTS) is 1. The number of aliphatic imine (C=N–C) groups is 1. The Labute approximate surface area is 143 Å². The Hall–Kier alpha value is -1.87. The van der Waals surface area contributed by atoms with Gasteiger partial charge in [-0.05, 0) is 12.1 Å². The van der Waals surface area contributed by atoms with Crippen molar-refractivity contribution in [1.82, 2.24) is 0 Å². The molecule has 2 saturated heterocycles. The molecule has 0 spiro atoms. The first kappa shape index (κ1) is 17.0. The van der Waals surface area contributed by atoms with Crippen LogP contribution in [0, 0.1) is 0 Å². The number of aliphatic carboxylic acids is 1. The fraction of sp³-hybridized carbons (Fsp3) is 0.400.